The summed E-state index contributed by atoms with van der Waals surface area (Å²) in [6.07, 6.45) is 2.99. The third-order valence-corrected chi connectivity index (χ3v) is 5.92. The van der Waals surface area contributed by atoms with E-state index in [0.29, 0.717) is 47.5 Å². The minimum Gasteiger partial charge on any atom is -0.455 e. The van der Waals surface area contributed by atoms with Crippen LogP contribution < -0.4 is 10.6 Å². The summed E-state index contributed by atoms with van der Waals surface area (Å²) < 4.78 is 11.4. The van der Waals surface area contributed by atoms with E-state index in [2.05, 4.69) is 10.6 Å². The van der Waals surface area contributed by atoms with E-state index < -0.39 is 5.91 Å². The zero-order chi connectivity index (χ0) is 22.2. The summed E-state index contributed by atoms with van der Waals surface area (Å²) in [6.45, 7) is 6.91. The number of carbonyl (C=O) groups excluding carboxylic acids is 3. The lowest BCUT2D eigenvalue weighted by atomic mass is 9.76. The number of anilines is 1. The van der Waals surface area contributed by atoms with Crippen molar-refractivity contribution in [3.05, 3.63) is 52.5 Å². The Bertz CT molecular complexity index is 1030. The maximum Gasteiger partial charge on any atom is 0.291 e. The molecule has 2 aromatic rings. The van der Waals surface area contributed by atoms with Gasteiger partial charge in [-0.25, -0.2) is 0 Å². The quantitative estimate of drug-likeness (QED) is 0.759. The van der Waals surface area contributed by atoms with Gasteiger partial charge in [0.1, 0.15) is 5.76 Å². The highest BCUT2D eigenvalue weighted by atomic mass is 16.5. The van der Waals surface area contributed by atoms with Gasteiger partial charge in [0.25, 0.3) is 11.8 Å². The van der Waals surface area contributed by atoms with Crippen molar-refractivity contribution in [1.29, 1.82) is 0 Å². The molecule has 1 atom stereocenters. The Morgan fingerprint density at radius 2 is 1.94 bits per heavy atom. The van der Waals surface area contributed by atoms with E-state index in [-0.39, 0.29) is 29.0 Å². The lowest BCUT2D eigenvalue weighted by molar-refractivity contribution is 0.0857. The Morgan fingerprint density at radius 1 is 1.16 bits per heavy atom. The Balaban J connectivity index is 1.52. The van der Waals surface area contributed by atoms with Gasteiger partial charge in [0.15, 0.2) is 11.5 Å². The summed E-state index contributed by atoms with van der Waals surface area (Å²) in [6, 6.07) is 6.82. The predicted octanol–water partition coefficient (Wildman–Crippen LogP) is 3.90. The predicted molar refractivity (Wildman–Crippen MR) is 116 cm³/mol. The van der Waals surface area contributed by atoms with Crippen LogP contribution in [0.1, 0.15) is 75.7 Å². The van der Waals surface area contributed by atoms with E-state index in [0.717, 1.165) is 19.4 Å². The molecule has 1 aliphatic heterocycles. The minimum absolute atomic E-state index is 0.000426. The third kappa shape index (κ3) is 4.42. The van der Waals surface area contributed by atoms with Gasteiger partial charge in [-0.15, -0.1) is 0 Å². The van der Waals surface area contributed by atoms with Crippen LogP contribution in [0.25, 0.3) is 0 Å². The van der Waals surface area contributed by atoms with Crippen LogP contribution in [0.5, 0.6) is 0 Å². The first-order valence-electron chi connectivity index (χ1n) is 10.7. The zero-order valence-corrected chi connectivity index (χ0v) is 18.2. The van der Waals surface area contributed by atoms with Crippen LogP contribution in [-0.4, -0.2) is 36.9 Å². The Morgan fingerprint density at radius 3 is 2.68 bits per heavy atom. The van der Waals surface area contributed by atoms with Crippen LogP contribution in [0, 0.1) is 12.3 Å². The molecule has 1 aromatic heterocycles. The molecule has 7 nitrogen and oxygen atoms in total. The molecule has 2 aliphatic rings. The molecule has 0 saturated carbocycles. The highest BCUT2D eigenvalue weighted by Crippen LogP contribution is 2.38. The molecule has 0 unspecified atom stereocenters. The van der Waals surface area contributed by atoms with Crippen molar-refractivity contribution >= 4 is 23.3 Å². The normalized spacial score (nSPS) is 19.7. The van der Waals surface area contributed by atoms with Crippen molar-refractivity contribution in [2.24, 2.45) is 5.41 Å². The van der Waals surface area contributed by atoms with Gasteiger partial charge in [0, 0.05) is 31.6 Å². The van der Waals surface area contributed by atoms with Crippen LogP contribution >= 0.6 is 0 Å². The van der Waals surface area contributed by atoms with Gasteiger partial charge in [-0.3, -0.25) is 14.4 Å². The first kappa shape index (κ1) is 21.3. The SMILES string of the molecule is Cc1c(C(=O)Nc2ccccc2C(=O)NC[C@@H]2CCCO2)oc2c1C(=O)CC(C)(C)C2. The molecular formula is C24H28N2O5. The number of amides is 2. The monoisotopic (exact) mass is 424 g/mol. The van der Waals surface area contributed by atoms with E-state index in [1.165, 1.54) is 0 Å². The fourth-order valence-electron chi connectivity index (χ4n) is 4.38. The van der Waals surface area contributed by atoms with Crippen LogP contribution in [0.3, 0.4) is 0 Å². The molecule has 0 spiro atoms. The number of Topliss-reactive ketones (excluding diaryl/α,β-unsaturated/α-hetero) is 1. The lowest BCUT2D eigenvalue weighted by Crippen LogP contribution is -2.32. The fraction of sp³-hybridized carbons (Fsp3) is 0.458. The van der Waals surface area contributed by atoms with Crippen molar-refractivity contribution in [3.8, 4) is 0 Å². The fourth-order valence-corrected chi connectivity index (χ4v) is 4.38. The maximum absolute atomic E-state index is 13.0. The topological polar surface area (TPSA) is 97.6 Å². The number of benzene rings is 1. The summed E-state index contributed by atoms with van der Waals surface area (Å²) in [5.74, 6) is -0.0757. The zero-order valence-electron chi connectivity index (χ0n) is 18.2. The number of para-hydroxylation sites is 1. The molecule has 1 saturated heterocycles. The van der Waals surface area contributed by atoms with Gasteiger partial charge in [0.2, 0.25) is 0 Å². The van der Waals surface area contributed by atoms with Crippen LogP contribution in [0.15, 0.2) is 28.7 Å². The number of ketones is 1. The second kappa shape index (κ2) is 8.30. The number of nitrogens with one attached hydrogen (secondary N) is 2. The van der Waals surface area contributed by atoms with E-state index in [4.69, 9.17) is 9.15 Å². The van der Waals surface area contributed by atoms with E-state index in [9.17, 15) is 14.4 Å². The maximum atomic E-state index is 13.0. The number of rotatable bonds is 5. The largest absolute Gasteiger partial charge is 0.455 e. The number of ether oxygens (including phenoxy) is 1. The van der Waals surface area contributed by atoms with Gasteiger partial charge >= 0.3 is 0 Å². The highest BCUT2D eigenvalue weighted by Gasteiger charge is 2.37. The average Bonchev–Trinajstić information content (AvgIpc) is 3.33. The number of hydrogen-bond donors (Lipinski definition) is 2. The van der Waals surface area contributed by atoms with Crippen molar-refractivity contribution in [1.82, 2.24) is 5.32 Å². The minimum atomic E-state index is -0.475. The van der Waals surface area contributed by atoms with E-state index >= 15 is 0 Å². The van der Waals surface area contributed by atoms with Crippen molar-refractivity contribution in [2.75, 3.05) is 18.5 Å². The molecule has 31 heavy (non-hydrogen) atoms. The Hall–Kier alpha value is -2.93. The summed E-state index contributed by atoms with van der Waals surface area (Å²) in [7, 11) is 0. The Labute approximate surface area is 181 Å². The molecular weight excluding hydrogens is 396 g/mol. The average molecular weight is 424 g/mol. The van der Waals surface area contributed by atoms with Crippen molar-refractivity contribution in [2.45, 2.75) is 52.6 Å². The summed E-state index contributed by atoms with van der Waals surface area (Å²) in [5, 5.41) is 5.66. The smallest absolute Gasteiger partial charge is 0.291 e. The van der Waals surface area contributed by atoms with Gasteiger partial charge in [-0.1, -0.05) is 26.0 Å². The Kier molecular flexibility index (Phi) is 5.71. The van der Waals surface area contributed by atoms with Gasteiger partial charge in [-0.05, 0) is 37.3 Å². The third-order valence-electron chi connectivity index (χ3n) is 5.92. The molecule has 1 aromatic carbocycles. The molecule has 2 N–H and O–H groups in total. The number of carbonyl (C=O) groups is 3. The highest BCUT2D eigenvalue weighted by molar-refractivity contribution is 6.10. The van der Waals surface area contributed by atoms with Crippen molar-refractivity contribution in [3.63, 3.8) is 0 Å². The molecule has 2 heterocycles. The van der Waals surface area contributed by atoms with E-state index in [1.807, 2.05) is 13.8 Å². The van der Waals surface area contributed by atoms with E-state index in [1.54, 1.807) is 31.2 Å². The summed E-state index contributed by atoms with van der Waals surface area (Å²) in [4.78, 5) is 38.3. The molecule has 0 radical (unpaired) electrons. The number of hydrogen-bond acceptors (Lipinski definition) is 5. The first-order valence-corrected chi connectivity index (χ1v) is 10.7. The molecule has 164 valence electrons. The standard InChI is InChI=1S/C24H28N2O5/c1-14-20-18(27)11-24(2,3)12-19(20)31-21(14)23(29)26-17-9-5-4-8-16(17)22(28)25-13-15-7-6-10-30-15/h4-5,8-9,15H,6-7,10-13H2,1-3H3,(H,25,28)(H,26,29)/t15-/m0/s1. The second-order valence-corrected chi connectivity index (χ2v) is 9.14. The van der Waals surface area contributed by atoms with Gasteiger partial charge < -0.3 is 19.8 Å². The molecule has 7 heteroatoms. The molecule has 2 amide bonds. The molecule has 4 rings (SSSR count). The van der Waals surface area contributed by atoms with Crippen molar-refractivity contribution < 1.29 is 23.5 Å². The van der Waals surface area contributed by atoms with Crippen LogP contribution in [-0.2, 0) is 11.2 Å². The lowest BCUT2D eigenvalue weighted by Gasteiger charge is -2.27. The van der Waals surface area contributed by atoms with Gasteiger partial charge in [-0.2, -0.15) is 0 Å². The number of furan rings is 1. The summed E-state index contributed by atoms with van der Waals surface area (Å²) >= 11 is 0. The van der Waals surface area contributed by atoms with Crippen LogP contribution in [0.2, 0.25) is 0 Å². The second-order valence-electron chi connectivity index (χ2n) is 9.14. The molecule has 1 fully saturated rings. The number of fused-ring (bicyclic) bond motifs is 1. The summed E-state index contributed by atoms with van der Waals surface area (Å²) in [5.41, 5.74) is 1.62. The van der Waals surface area contributed by atoms with Gasteiger partial charge in [0.05, 0.1) is 22.9 Å². The molecule has 1 aliphatic carbocycles. The van der Waals surface area contributed by atoms with Crippen LogP contribution in [0.4, 0.5) is 5.69 Å². The molecule has 0 bridgehead atoms. The first-order chi connectivity index (χ1) is 14.7.